The predicted octanol–water partition coefficient (Wildman–Crippen LogP) is 1.52. The van der Waals surface area contributed by atoms with Crippen molar-refractivity contribution in [3.05, 3.63) is 39.1 Å². The fourth-order valence-electron chi connectivity index (χ4n) is 2.40. The predicted molar refractivity (Wildman–Crippen MR) is 113 cm³/mol. The molecule has 4 heterocycles. The van der Waals surface area contributed by atoms with E-state index in [4.69, 9.17) is 17.3 Å². The fourth-order valence-corrected chi connectivity index (χ4v) is 4.27. The van der Waals surface area contributed by atoms with Gasteiger partial charge in [-0.25, -0.2) is 10.1 Å². The highest BCUT2D eigenvalue weighted by Crippen LogP contribution is 2.25. The molecule has 4 aromatic rings. The molecule has 0 fully saturated rings. The molecule has 4 aromatic heterocycles. The lowest BCUT2D eigenvalue weighted by atomic mass is 10.3. The van der Waals surface area contributed by atoms with Crippen molar-refractivity contribution >= 4 is 52.1 Å². The van der Waals surface area contributed by atoms with Crippen LogP contribution in [0.15, 0.2) is 33.3 Å². The zero-order valence-electron chi connectivity index (χ0n) is 16.1. The number of hydrogen-bond acceptors (Lipinski definition) is 12. The second-order valence-electron chi connectivity index (χ2n) is 6.02. The van der Waals surface area contributed by atoms with Crippen molar-refractivity contribution in [2.24, 2.45) is 12.1 Å². The Morgan fingerprint density at radius 2 is 2.23 bits per heavy atom. The van der Waals surface area contributed by atoms with E-state index in [1.807, 2.05) is 6.07 Å². The summed E-state index contributed by atoms with van der Waals surface area (Å²) in [6.07, 6.45) is 1.57. The molecule has 0 atom stereocenters. The molecule has 13 nitrogen and oxygen atoms in total. The molecule has 0 bridgehead atoms. The minimum Gasteiger partial charge on any atom is -0.378 e. The van der Waals surface area contributed by atoms with Crippen LogP contribution in [0.5, 0.6) is 0 Å². The second-order valence-corrected chi connectivity index (χ2v) is 8.68. The second kappa shape index (κ2) is 8.83. The standard InChI is InChI=1S/C15H14ClN11O2S2/c1-7(9-3-4-10(16)31-9)19-21-14(28)11-8(5-30-15-22-18-6-26(15)2)27(25-20-11)13-12(17)23-29-24-13/h3-4,6H,5H2,1-2H3,(H2,17,23)(H,21,28)/b19-7+. The summed E-state index contributed by atoms with van der Waals surface area (Å²) in [5, 5.41) is 27.9. The number of thioether (sulfide) groups is 1. The number of nitrogen functional groups attached to an aromatic ring is 1. The van der Waals surface area contributed by atoms with Gasteiger partial charge in [-0.2, -0.15) is 9.78 Å². The molecule has 160 valence electrons. The van der Waals surface area contributed by atoms with Gasteiger partial charge in [-0.05, 0) is 29.4 Å². The van der Waals surface area contributed by atoms with Gasteiger partial charge in [-0.1, -0.05) is 28.6 Å². The molecule has 0 aliphatic rings. The van der Waals surface area contributed by atoms with Crippen LogP contribution in [-0.2, 0) is 12.8 Å². The molecule has 0 saturated carbocycles. The van der Waals surface area contributed by atoms with Crippen molar-refractivity contribution in [1.29, 1.82) is 0 Å². The molecule has 0 aliphatic carbocycles. The van der Waals surface area contributed by atoms with E-state index in [0.717, 1.165) is 4.88 Å². The summed E-state index contributed by atoms with van der Waals surface area (Å²) in [5.74, 6) is -0.173. The lowest BCUT2D eigenvalue weighted by Crippen LogP contribution is -2.21. The first-order valence-corrected chi connectivity index (χ1v) is 10.7. The van der Waals surface area contributed by atoms with Crippen LogP contribution in [0.3, 0.4) is 0 Å². The van der Waals surface area contributed by atoms with Crippen molar-refractivity contribution in [2.75, 3.05) is 5.73 Å². The van der Waals surface area contributed by atoms with E-state index in [2.05, 4.69) is 46.0 Å². The van der Waals surface area contributed by atoms with Crippen LogP contribution in [-0.4, -0.2) is 51.7 Å². The molecule has 1 amide bonds. The van der Waals surface area contributed by atoms with Gasteiger partial charge in [-0.15, -0.1) is 26.6 Å². The molecule has 0 radical (unpaired) electrons. The topological polar surface area (TPSA) is 168 Å². The largest absolute Gasteiger partial charge is 0.378 e. The number of hydrogen-bond donors (Lipinski definition) is 2. The van der Waals surface area contributed by atoms with Crippen LogP contribution in [0.1, 0.15) is 28.0 Å². The summed E-state index contributed by atoms with van der Waals surface area (Å²) in [6.45, 7) is 1.76. The molecule has 0 aliphatic heterocycles. The summed E-state index contributed by atoms with van der Waals surface area (Å²) in [4.78, 5) is 13.6. The average Bonchev–Trinajstić information content (AvgIpc) is 3.52. The Kier molecular flexibility index (Phi) is 5.97. The van der Waals surface area contributed by atoms with Gasteiger partial charge in [0.2, 0.25) is 11.6 Å². The number of rotatable bonds is 7. The molecule has 0 aromatic carbocycles. The molecule has 3 N–H and O–H groups in total. The highest BCUT2D eigenvalue weighted by Gasteiger charge is 2.24. The highest BCUT2D eigenvalue weighted by molar-refractivity contribution is 7.98. The Hall–Kier alpha value is -3.30. The third kappa shape index (κ3) is 4.42. The number of carbonyl (C=O) groups is 1. The van der Waals surface area contributed by atoms with Crippen LogP contribution in [0.4, 0.5) is 5.82 Å². The third-order valence-corrected chi connectivity index (χ3v) is 6.32. The van der Waals surface area contributed by atoms with Gasteiger partial charge in [0, 0.05) is 12.8 Å². The smallest absolute Gasteiger partial charge is 0.293 e. The number of halogens is 1. The monoisotopic (exact) mass is 479 g/mol. The van der Waals surface area contributed by atoms with Gasteiger partial charge in [0.1, 0.15) is 6.33 Å². The summed E-state index contributed by atoms with van der Waals surface area (Å²) in [7, 11) is 1.80. The van der Waals surface area contributed by atoms with E-state index in [1.54, 1.807) is 30.9 Å². The number of nitrogens with zero attached hydrogens (tertiary/aromatic N) is 9. The first kappa shape index (κ1) is 21.0. The number of hydrazone groups is 1. The zero-order chi connectivity index (χ0) is 22.0. The summed E-state index contributed by atoms with van der Waals surface area (Å²) < 4.78 is 8.30. The van der Waals surface area contributed by atoms with Crippen LogP contribution >= 0.6 is 34.7 Å². The molecule has 0 unspecified atom stereocenters. The van der Waals surface area contributed by atoms with Gasteiger partial charge < -0.3 is 10.3 Å². The number of nitrogens with two attached hydrogens (primary N) is 1. The molecule has 4 rings (SSSR count). The highest BCUT2D eigenvalue weighted by atomic mass is 35.5. The molecular weight excluding hydrogens is 466 g/mol. The van der Waals surface area contributed by atoms with Crippen LogP contribution < -0.4 is 11.2 Å². The Labute approximate surface area is 187 Å². The summed E-state index contributed by atoms with van der Waals surface area (Å²) in [6, 6.07) is 3.57. The fraction of sp³-hybridized carbons (Fsp3) is 0.200. The van der Waals surface area contributed by atoms with E-state index >= 15 is 0 Å². The maximum absolute atomic E-state index is 12.8. The lowest BCUT2D eigenvalue weighted by molar-refractivity contribution is 0.0949. The van der Waals surface area contributed by atoms with Crippen LogP contribution in [0, 0.1) is 0 Å². The van der Waals surface area contributed by atoms with Gasteiger partial charge in [0.15, 0.2) is 10.9 Å². The number of nitrogens with one attached hydrogen (secondary N) is 1. The van der Waals surface area contributed by atoms with E-state index in [0.29, 0.717) is 20.9 Å². The van der Waals surface area contributed by atoms with E-state index < -0.39 is 5.91 Å². The Morgan fingerprint density at radius 1 is 1.39 bits per heavy atom. The molecule has 0 saturated heterocycles. The van der Waals surface area contributed by atoms with Gasteiger partial charge in [-0.3, -0.25) is 4.79 Å². The maximum atomic E-state index is 12.8. The summed E-state index contributed by atoms with van der Waals surface area (Å²) >= 11 is 8.63. The number of aromatic nitrogens is 8. The van der Waals surface area contributed by atoms with Crippen LogP contribution in [0.25, 0.3) is 5.82 Å². The zero-order valence-corrected chi connectivity index (χ0v) is 18.4. The molecular formula is C15H14ClN11O2S2. The molecule has 16 heteroatoms. The quantitative estimate of drug-likeness (QED) is 0.225. The van der Waals surface area contributed by atoms with Crippen molar-refractivity contribution < 1.29 is 9.42 Å². The number of aryl methyl sites for hydroxylation is 1. The first-order valence-electron chi connectivity index (χ1n) is 8.54. The number of amides is 1. The maximum Gasteiger partial charge on any atom is 0.293 e. The Morgan fingerprint density at radius 3 is 2.87 bits per heavy atom. The summed E-state index contributed by atoms with van der Waals surface area (Å²) in [5.41, 5.74) is 9.31. The van der Waals surface area contributed by atoms with Crippen molar-refractivity contribution in [3.8, 4) is 5.82 Å². The number of anilines is 1. The first-order chi connectivity index (χ1) is 14.9. The minimum absolute atomic E-state index is 0.00482. The Balaban J connectivity index is 1.61. The van der Waals surface area contributed by atoms with Crippen molar-refractivity contribution in [2.45, 2.75) is 17.8 Å². The van der Waals surface area contributed by atoms with E-state index in [9.17, 15) is 4.79 Å². The van der Waals surface area contributed by atoms with Crippen molar-refractivity contribution in [3.63, 3.8) is 0 Å². The van der Waals surface area contributed by atoms with Crippen LogP contribution in [0.2, 0.25) is 4.34 Å². The third-order valence-electron chi connectivity index (χ3n) is 3.94. The van der Waals surface area contributed by atoms with Gasteiger partial charge in [0.25, 0.3) is 5.91 Å². The normalized spacial score (nSPS) is 11.8. The van der Waals surface area contributed by atoms with Gasteiger partial charge >= 0.3 is 0 Å². The van der Waals surface area contributed by atoms with E-state index in [-0.39, 0.29) is 23.1 Å². The lowest BCUT2D eigenvalue weighted by Gasteiger charge is -2.05. The average molecular weight is 480 g/mol. The number of carbonyl (C=O) groups excluding carboxylic acids is 1. The van der Waals surface area contributed by atoms with Gasteiger partial charge in [0.05, 0.1) is 20.6 Å². The SMILES string of the molecule is C/C(=N\NC(=O)c1nnn(-c2nonc2N)c1CSc1nncn1C)c1ccc(Cl)s1. The Bertz CT molecular complexity index is 1260. The number of thiophene rings is 1. The minimum atomic E-state index is -0.558. The van der Waals surface area contributed by atoms with E-state index in [1.165, 1.54) is 27.8 Å². The molecule has 31 heavy (non-hydrogen) atoms. The molecule has 0 spiro atoms. The van der Waals surface area contributed by atoms with Crippen molar-refractivity contribution in [1.82, 2.24) is 45.5 Å².